The number of nitrogens with zero attached hydrogens (tertiary/aromatic N) is 2. The highest BCUT2D eigenvalue weighted by Crippen LogP contribution is 2.26. The molecule has 0 atom stereocenters. The fourth-order valence-electron chi connectivity index (χ4n) is 3.44. The zero-order chi connectivity index (χ0) is 19.7. The molecular formula is C22H22N4O2. The van der Waals surface area contributed by atoms with Gasteiger partial charge in [-0.25, -0.2) is 0 Å². The van der Waals surface area contributed by atoms with E-state index >= 15 is 0 Å². The van der Waals surface area contributed by atoms with Gasteiger partial charge in [-0.1, -0.05) is 47.1 Å². The number of hydrogen-bond acceptors (Lipinski definition) is 4. The standard InChI is InChI=1S/C22H22N4O2/c1-13-11-14(2)19-17(12-13)15(3)20(25-19)22(27)23-10-9-18-24-21(26-28-18)16-7-5-4-6-8-16/h4-8,11-12,25H,9-10H2,1-3H3,(H,23,27). The van der Waals surface area contributed by atoms with Crippen LogP contribution in [0.3, 0.4) is 0 Å². The predicted molar refractivity (Wildman–Crippen MR) is 108 cm³/mol. The van der Waals surface area contributed by atoms with Crippen LogP contribution >= 0.6 is 0 Å². The normalized spacial score (nSPS) is 11.1. The van der Waals surface area contributed by atoms with Crippen molar-refractivity contribution < 1.29 is 9.32 Å². The fourth-order valence-corrected chi connectivity index (χ4v) is 3.44. The first-order valence-corrected chi connectivity index (χ1v) is 9.28. The largest absolute Gasteiger partial charge is 0.350 e. The third-order valence-electron chi connectivity index (χ3n) is 4.86. The number of nitrogens with one attached hydrogen (secondary N) is 2. The van der Waals surface area contributed by atoms with E-state index in [1.807, 2.05) is 44.2 Å². The molecule has 2 N–H and O–H groups in total. The highest BCUT2D eigenvalue weighted by molar-refractivity contribution is 6.01. The SMILES string of the molecule is Cc1cc(C)c2[nH]c(C(=O)NCCc3nc(-c4ccccc4)no3)c(C)c2c1. The first kappa shape index (κ1) is 18.0. The number of fused-ring (bicyclic) bond motifs is 1. The Balaban J connectivity index is 1.43. The van der Waals surface area contributed by atoms with Crippen LogP contribution in [-0.4, -0.2) is 27.6 Å². The van der Waals surface area contributed by atoms with Crippen LogP contribution in [0.5, 0.6) is 0 Å². The third-order valence-corrected chi connectivity index (χ3v) is 4.86. The van der Waals surface area contributed by atoms with E-state index in [0.29, 0.717) is 30.4 Å². The number of amides is 1. The molecule has 4 rings (SSSR count). The summed E-state index contributed by atoms with van der Waals surface area (Å²) in [6, 6.07) is 13.9. The van der Waals surface area contributed by atoms with Crippen molar-refractivity contribution in [1.82, 2.24) is 20.4 Å². The van der Waals surface area contributed by atoms with Gasteiger partial charge in [-0.05, 0) is 38.0 Å². The van der Waals surface area contributed by atoms with Crippen molar-refractivity contribution in [2.45, 2.75) is 27.2 Å². The van der Waals surface area contributed by atoms with Crippen molar-refractivity contribution in [3.05, 3.63) is 70.7 Å². The Morgan fingerprint density at radius 1 is 1.14 bits per heavy atom. The van der Waals surface area contributed by atoms with Crippen LogP contribution in [0, 0.1) is 20.8 Å². The van der Waals surface area contributed by atoms with Crippen molar-refractivity contribution in [1.29, 1.82) is 0 Å². The van der Waals surface area contributed by atoms with E-state index in [9.17, 15) is 4.79 Å². The fraction of sp³-hybridized carbons (Fsp3) is 0.227. The van der Waals surface area contributed by atoms with E-state index in [1.165, 1.54) is 5.56 Å². The molecule has 142 valence electrons. The van der Waals surface area contributed by atoms with E-state index in [4.69, 9.17) is 4.52 Å². The number of H-pyrrole nitrogens is 1. The summed E-state index contributed by atoms with van der Waals surface area (Å²) in [5, 5.41) is 8.02. The molecule has 0 spiro atoms. The van der Waals surface area contributed by atoms with Gasteiger partial charge in [0.2, 0.25) is 11.7 Å². The van der Waals surface area contributed by atoms with Gasteiger partial charge in [0, 0.05) is 29.4 Å². The lowest BCUT2D eigenvalue weighted by Gasteiger charge is -2.02. The number of benzene rings is 2. The smallest absolute Gasteiger partial charge is 0.268 e. The Morgan fingerprint density at radius 3 is 2.71 bits per heavy atom. The Hall–Kier alpha value is -3.41. The average Bonchev–Trinajstić information content (AvgIpc) is 3.28. The molecule has 0 unspecified atom stereocenters. The molecule has 0 radical (unpaired) electrons. The number of aromatic nitrogens is 3. The lowest BCUT2D eigenvalue weighted by atomic mass is 10.1. The average molecular weight is 374 g/mol. The molecule has 2 heterocycles. The molecule has 4 aromatic rings. The quantitative estimate of drug-likeness (QED) is 0.550. The summed E-state index contributed by atoms with van der Waals surface area (Å²) in [5.74, 6) is 0.923. The number of aromatic amines is 1. The maximum Gasteiger partial charge on any atom is 0.268 e. The van der Waals surface area contributed by atoms with E-state index in [2.05, 4.69) is 39.5 Å². The molecule has 1 amide bonds. The van der Waals surface area contributed by atoms with Crippen LogP contribution in [0.1, 0.15) is 33.1 Å². The van der Waals surface area contributed by atoms with E-state index < -0.39 is 0 Å². The molecule has 0 aliphatic carbocycles. The number of aryl methyl sites for hydroxylation is 3. The number of rotatable bonds is 5. The van der Waals surface area contributed by atoms with Gasteiger partial charge in [-0.15, -0.1) is 0 Å². The zero-order valence-corrected chi connectivity index (χ0v) is 16.2. The molecule has 6 nitrogen and oxygen atoms in total. The van der Waals surface area contributed by atoms with Gasteiger partial charge in [0.05, 0.1) is 0 Å². The molecule has 0 aliphatic rings. The van der Waals surface area contributed by atoms with Gasteiger partial charge >= 0.3 is 0 Å². The number of hydrogen-bond donors (Lipinski definition) is 2. The van der Waals surface area contributed by atoms with E-state index in [-0.39, 0.29) is 5.91 Å². The maximum absolute atomic E-state index is 12.6. The molecule has 0 fully saturated rings. The zero-order valence-electron chi connectivity index (χ0n) is 16.2. The van der Waals surface area contributed by atoms with Crippen LogP contribution in [0.25, 0.3) is 22.3 Å². The van der Waals surface area contributed by atoms with Crippen LogP contribution in [0.15, 0.2) is 47.0 Å². The second-order valence-electron chi connectivity index (χ2n) is 7.01. The van der Waals surface area contributed by atoms with Crippen LogP contribution in [0.4, 0.5) is 0 Å². The molecule has 0 saturated carbocycles. The first-order chi connectivity index (χ1) is 13.5. The second kappa shape index (κ2) is 7.31. The Labute approximate surface area is 163 Å². The van der Waals surface area contributed by atoms with Crippen molar-refractivity contribution in [2.75, 3.05) is 6.54 Å². The lowest BCUT2D eigenvalue weighted by Crippen LogP contribution is -2.26. The van der Waals surface area contributed by atoms with Gasteiger partial charge in [0.25, 0.3) is 5.91 Å². The van der Waals surface area contributed by atoms with Crippen LogP contribution in [-0.2, 0) is 6.42 Å². The molecular weight excluding hydrogens is 352 g/mol. The van der Waals surface area contributed by atoms with Gasteiger partial charge < -0.3 is 14.8 Å². The van der Waals surface area contributed by atoms with Gasteiger partial charge in [-0.2, -0.15) is 4.98 Å². The highest BCUT2D eigenvalue weighted by Gasteiger charge is 2.16. The van der Waals surface area contributed by atoms with Crippen LogP contribution < -0.4 is 5.32 Å². The van der Waals surface area contributed by atoms with Crippen molar-refractivity contribution >= 4 is 16.8 Å². The highest BCUT2D eigenvalue weighted by atomic mass is 16.5. The summed E-state index contributed by atoms with van der Waals surface area (Å²) in [6.45, 7) is 6.50. The molecule has 0 bridgehead atoms. The summed E-state index contributed by atoms with van der Waals surface area (Å²) < 4.78 is 5.29. The summed E-state index contributed by atoms with van der Waals surface area (Å²) in [6.07, 6.45) is 0.475. The van der Waals surface area contributed by atoms with Crippen LogP contribution in [0.2, 0.25) is 0 Å². The topological polar surface area (TPSA) is 83.8 Å². The van der Waals surface area contributed by atoms with Crippen molar-refractivity contribution in [3.8, 4) is 11.4 Å². The Bertz CT molecular complexity index is 1140. The summed E-state index contributed by atoms with van der Waals surface area (Å²) in [4.78, 5) is 20.3. The first-order valence-electron chi connectivity index (χ1n) is 9.28. The van der Waals surface area contributed by atoms with E-state index in [0.717, 1.165) is 27.6 Å². The molecule has 0 aliphatic heterocycles. The van der Waals surface area contributed by atoms with Crippen molar-refractivity contribution in [3.63, 3.8) is 0 Å². The molecule has 28 heavy (non-hydrogen) atoms. The molecule has 0 saturated heterocycles. The number of carbonyl (C=O) groups is 1. The van der Waals surface area contributed by atoms with Gasteiger partial charge in [0.15, 0.2) is 0 Å². The molecule has 2 aromatic carbocycles. The van der Waals surface area contributed by atoms with Crippen molar-refractivity contribution in [2.24, 2.45) is 0 Å². The monoisotopic (exact) mass is 374 g/mol. The van der Waals surface area contributed by atoms with Gasteiger partial charge in [-0.3, -0.25) is 4.79 Å². The Kier molecular flexibility index (Phi) is 4.69. The number of carbonyl (C=O) groups excluding carboxylic acids is 1. The molecule has 6 heteroatoms. The van der Waals surface area contributed by atoms with E-state index in [1.54, 1.807) is 0 Å². The minimum absolute atomic E-state index is 0.131. The summed E-state index contributed by atoms with van der Waals surface area (Å²) in [7, 11) is 0. The minimum Gasteiger partial charge on any atom is -0.350 e. The predicted octanol–water partition coefficient (Wildman–Crippen LogP) is 4.12. The second-order valence-corrected chi connectivity index (χ2v) is 7.01. The maximum atomic E-state index is 12.6. The lowest BCUT2D eigenvalue weighted by molar-refractivity contribution is 0.0948. The summed E-state index contributed by atoms with van der Waals surface area (Å²) in [5.41, 5.74) is 5.79. The third kappa shape index (κ3) is 3.41. The van der Waals surface area contributed by atoms with Gasteiger partial charge in [0.1, 0.15) is 5.69 Å². The minimum atomic E-state index is -0.131. The molecule has 2 aromatic heterocycles. The Morgan fingerprint density at radius 2 is 1.93 bits per heavy atom. The summed E-state index contributed by atoms with van der Waals surface area (Å²) >= 11 is 0.